The molecule has 0 fully saturated rings. The molecule has 0 saturated carbocycles. The van der Waals surface area contributed by atoms with E-state index in [4.69, 9.17) is 40.1 Å². The zero-order valence-electron chi connectivity index (χ0n) is 32.9. The fourth-order valence-electron chi connectivity index (χ4n) is 5.56. The van der Waals surface area contributed by atoms with Gasteiger partial charge in [-0.15, -0.1) is 0 Å². The second-order valence-corrected chi connectivity index (χ2v) is 14.0. The molecule has 0 spiro atoms. The number of nitrogens with one attached hydrogen (secondary N) is 5. The maximum atomic E-state index is 13.9. The summed E-state index contributed by atoms with van der Waals surface area (Å²) in [5, 5.41) is 23.0. The SMILES string of the molecule is CC(C)C(NC(=O)C(CCCCN)NC(=O)C(CCCN=C(N)N)NC(=O)C(CCCCN)NC(=O)C(CCCCN)NC(=O)C(N)CCCCN)C(=O)O. The number of guanidine groups is 1. The van der Waals surface area contributed by atoms with E-state index in [0.29, 0.717) is 84.0 Å². The van der Waals surface area contributed by atoms with Crippen molar-refractivity contribution in [1.82, 2.24) is 26.6 Å². The third-order valence-electron chi connectivity index (χ3n) is 8.85. The van der Waals surface area contributed by atoms with E-state index in [1.807, 2.05) is 0 Å². The molecule has 5 amide bonds. The van der Waals surface area contributed by atoms with Gasteiger partial charge >= 0.3 is 5.97 Å². The number of amides is 5. The van der Waals surface area contributed by atoms with Crippen LogP contribution in [0.15, 0.2) is 4.99 Å². The molecule has 0 radical (unpaired) electrons. The van der Waals surface area contributed by atoms with Crippen LogP contribution in [0.2, 0.25) is 0 Å². The maximum Gasteiger partial charge on any atom is 0.326 e. The van der Waals surface area contributed by atoms with E-state index in [-0.39, 0.29) is 44.6 Å². The van der Waals surface area contributed by atoms with E-state index < -0.39 is 77.7 Å². The maximum absolute atomic E-state index is 13.9. The van der Waals surface area contributed by atoms with Gasteiger partial charge in [0.2, 0.25) is 29.5 Å². The fraction of sp³-hybridized carbons (Fsp3) is 0.800. The second kappa shape index (κ2) is 30.2. The van der Waals surface area contributed by atoms with Crippen LogP contribution >= 0.6 is 0 Å². The minimum absolute atomic E-state index is 0.0402. The van der Waals surface area contributed by atoms with Crippen molar-refractivity contribution in [3.05, 3.63) is 0 Å². The number of nitrogens with zero attached hydrogens (tertiary/aromatic N) is 1. The van der Waals surface area contributed by atoms with Crippen LogP contribution in [-0.2, 0) is 28.8 Å². The van der Waals surface area contributed by atoms with E-state index in [1.165, 1.54) is 0 Å². The average molecular weight is 786 g/mol. The Balaban J connectivity index is 6.37. The largest absolute Gasteiger partial charge is 0.480 e. The molecule has 0 aromatic heterocycles. The lowest BCUT2D eigenvalue weighted by atomic mass is 10.0. The number of aliphatic carboxylic acids is 1. The monoisotopic (exact) mass is 786 g/mol. The molecule has 0 aromatic carbocycles. The molecule has 6 atom stereocenters. The van der Waals surface area contributed by atoms with Crippen molar-refractivity contribution < 1.29 is 33.9 Å². The third-order valence-corrected chi connectivity index (χ3v) is 8.85. The summed E-state index contributed by atoms with van der Waals surface area (Å²) in [6.07, 6.45) is 5.67. The van der Waals surface area contributed by atoms with Crippen molar-refractivity contribution in [3.8, 4) is 0 Å². The molecule has 0 aliphatic carbocycles. The highest BCUT2D eigenvalue weighted by molar-refractivity contribution is 5.96. The number of rotatable bonds is 32. The minimum atomic E-state index is -1.23. The molecular weight excluding hydrogens is 714 g/mol. The first-order chi connectivity index (χ1) is 26.1. The van der Waals surface area contributed by atoms with Gasteiger partial charge in [-0.05, 0) is 116 Å². The summed E-state index contributed by atoms with van der Waals surface area (Å²) < 4.78 is 0. The van der Waals surface area contributed by atoms with E-state index in [0.717, 1.165) is 0 Å². The summed E-state index contributed by atoms with van der Waals surface area (Å²) in [6.45, 7) is 4.93. The lowest BCUT2D eigenvalue weighted by Gasteiger charge is -2.27. The molecule has 0 heterocycles. The number of aliphatic imine (C=N–C) groups is 1. The van der Waals surface area contributed by atoms with Gasteiger partial charge in [0.15, 0.2) is 5.96 Å². The molecule has 0 aliphatic rings. The molecule has 0 bridgehead atoms. The van der Waals surface area contributed by atoms with Crippen LogP contribution in [-0.4, -0.2) is 116 Å². The molecule has 20 nitrogen and oxygen atoms in total. The molecule has 0 aromatic rings. The summed E-state index contributed by atoms with van der Waals surface area (Å²) in [7, 11) is 0. The number of hydrogen-bond donors (Lipinski definition) is 13. The first-order valence-electron chi connectivity index (χ1n) is 19.5. The summed E-state index contributed by atoms with van der Waals surface area (Å²) >= 11 is 0. The Hall–Kier alpha value is -4.11. The number of carbonyl (C=O) groups excluding carboxylic acids is 5. The first kappa shape index (κ1) is 50.9. The molecule has 55 heavy (non-hydrogen) atoms. The molecule has 0 rings (SSSR count). The van der Waals surface area contributed by atoms with Crippen LogP contribution in [0, 0.1) is 5.92 Å². The summed E-state index contributed by atoms with van der Waals surface area (Å²) in [4.78, 5) is 83.5. The highest BCUT2D eigenvalue weighted by Gasteiger charge is 2.33. The van der Waals surface area contributed by atoms with E-state index >= 15 is 0 Å². The topological polar surface area (TPSA) is 377 Å². The van der Waals surface area contributed by atoms with Crippen molar-refractivity contribution in [2.75, 3.05) is 32.7 Å². The standard InChI is InChI=1S/C35H71N13O7/c1-22(2)28(34(54)55)48-33(53)26(15-6-10-20-39)46-32(52)27(16-11-21-43-35(41)42)47-31(51)25(14-5-9-19-38)45-30(50)24(13-4-8-18-37)44-29(49)23(40)12-3-7-17-36/h22-28H,3-21,36-40H2,1-2H3,(H,44,49)(H,45,50)(H,46,52)(H,47,51)(H,48,53)(H,54,55)(H4,41,42,43). The zero-order valence-corrected chi connectivity index (χ0v) is 32.9. The van der Waals surface area contributed by atoms with Crippen LogP contribution in [0.4, 0.5) is 0 Å². The van der Waals surface area contributed by atoms with E-state index in [2.05, 4.69) is 31.6 Å². The molecule has 20 N–H and O–H groups in total. The highest BCUT2D eigenvalue weighted by atomic mass is 16.4. The van der Waals surface area contributed by atoms with Crippen LogP contribution in [0.1, 0.15) is 104 Å². The van der Waals surface area contributed by atoms with Crippen LogP contribution in [0.25, 0.3) is 0 Å². The van der Waals surface area contributed by atoms with Gasteiger partial charge in [-0.3, -0.25) is 29.0 Å². The fourth-order valence-corrected chi connectivity index (χ4v) is 5.56. The van der Waals surface area contributed by atoms with Crippen molar-refractivity contribution in [1.29, 1.82) is 0 Å². The third kappa shape index (κ3) is 22.8. The number of carbonyl (C=O) groups is 6. The van der Waals surface area contributed by atoms with Crippen LogP contribution < -0.4 is 66.7 Å². The average Bonchev–Trinajstić information content (AvgIpc) is 3.13. The predicted octanol–water partition coefficient (Wildman–Crippen LogP) is -2.95. The Morgan fingerprint density at radius 3 is 1.16 bits per heavy atom. The van der Waals surface area contributed by atoms with Gasteiger partial charge in [-0.1, -0.05) is 20.3 Å². The van der Waals surface area contributed by atoms with E-state index in [9.17, 15) is 33.9 Å². The summed E-state index contributed by atoms with van der Waals surface area (Å²) in [5.41, 5.74) is 39.6. The van der Waals surface area contributed by atoms with Crippen molar-refractivity contribution in [2.24, 2.45) is 51.0 Å². The lowest BCUT2D eigenvalue weighted by Crippen LogP contribution is -2.59. The number of nitrogens with two attached hydrogens (primary N) is 7. The van der Waals surface area contributed by atoms with E-state index in [1.54, 1.807) is 13.8 Å². The van der Waals surface area contributed by atoms with Gasteiger partial charge in [-0.2, -0.15) is 0 Å². The minimum Gasteiger partial charge on any atom is -0.480 e. The van der Waals surface area contributed by atoms with Gasteiger partial charge in [0.25, 0.3) is 0 Å². The van der Waals surface area contributed by atoms with Gasteiger partial charge in [0.05, 0.1) is 6.04 Å². The smallest absolute Gasteiger partial charge is 0.326 e. The van der Waals surface area contributed by atoms with Gasteiger partial charge in [0, 0.05) is 6.54 Å². The van der Waals surface area contributed by atoms with Crippen LogP contribution in [0.5, 0.6) is 0 Å². The Labute approximate surface area is 325 Å². The predicted molar refractivity (Wildman–Crippen MR) is 212 cm³/mol. The Morgan fingerprint density at radius 1 is 0.509 bits per heavy atom. The Morgan fingerprint density at radius 2 is 0.836 bits per heavy atom. The quantitative estimate of drug-likeness (QED) is 0.0184. The summed E-state index contributed by atoms with van der Waals surface area (Å²) in [6, 6.07) is -6.57. The molecule has 6 unspecified atom stereocenters. The Kier molecular flexibility index (Phi) is 27.9. The molecule has 318 valence electrons. The summed E-state index contributed by atoms with van der Waals surface area (Å²) in [5.74, 6) is -5.07. The zero-order chi connectivity index (χ0) is 41.8. The number of carboxylic acids is 1. The van der Waals surface area contributed by atoms with Gasteiger partial charge < -0.3 is 71.8 Å². The first-order valence-corrected chi connectivity index (χ1v) is 19.5. The normalized spacial score (nSPS) is 14.4. The van der Waals surface area contributed by atoms with Crippen molar-refractivity contribution >= 4 is 41.5 Å². The molecule has 0 aliphatic heterocycles. The highest BCUT2D eigenvalue weighted by Crippen LogP contribution is 2.10. The number of unbranched alkanes of at least 4 members (excludes halogenated alkanes) is 4. The lowest BCUT2D eigenvalue weighted by molar-refractivity contribution is -0.143. The molecule has 20 heteroatoms. The second-order valence-electron chi connectivity index (χ2n) is 14.0. The van der Waals surface area contributed by atoms with Crippen molar-refractivity contribution in [2.45, 2.75) is 140 Å². The Bertz CT molecular complexity index is 1190. The molecular formula is C35H71N13O7. The number of carboxylic acid groups (broad SMARTS) is 1. The van der Waals surface area contributed by atoms with Gasteiger partial charge in [0.1, 0.15) is 30.2 Å². The van der Waals surface area contributed by atoms with Crippen molar-refractivity contribution in [3.63, 3.8) is 0 Å². The number of hydrogen-bond acceptors (Lipinski definition) is 12. The van der Waals surface area contributed by atoms with Crippen LogP contribution in [0.3, 0.4) is 0 Å². The molecule has 0 saturated heterocycles. The van der Waals surface area contributed by atoms with Gasteiger partial charge in [-0.25, -0.2) is 4.79 Å².